The summed E-state index contributed by atoms with van der Waals surface area (Å²) in [6, 6.07) is 0. The first-order valence-electron chi connectivity index (χ1n) is 2.21. The van der Waals surface area contributed by atoms with Crippen LogP contribution >= 0.6 is 0 Å². The fourth-order valence-electron chi connectivity index (χ4n) is 0.118. The fourth-order valence-corrected chi connectivity index (χ4v) is 0.118. The van der Waals surface area contributed by atoms with Crippen LogP contribution in [-0.2, 0) is 37.5 Å². The topological polar surface area (TPSA) is 33.0 Å². The SMILES string of the molecule is C=C(O[NH-])C(C)C.[Y]. The fraction of sp³-hybridized carbons (Fsp3) is 0.600. The molecule has 0 unspecified atom stereocenters. The molecule has 0 bridgehead atoms. The van der Waals surface area contributed by atoms with Crippen LogP contribution < -0.4 is 0 Å². The van der Waals surface area contributed by atoms with Gasteiger partial charge in [0.25, 0.3) is 0 Å². The zero-order valence-corrected chi connectivity index (χ0v) is 8.11. The van der Waals surface area contributed by atoms with Crippen LogP contribution in [0.15, 0.2) is 12.3 Å². The van der Waals surface area contributed by atoms with Crippen molar-refractivity contribution in [3.63, 3.8) is 0 Å². The Labute approximate surface area is 75.3 Å². The van der Waals surface area contributed by atoms with Gasteiger partial charge < -0.3 is 10.7 Å². The summed E-state index contributed by atoms with van der Waals surface area (Å²) in [7, 11) is 0. The van der Waals surface area contributed by atoms with Gasteiger partial charge >= 0.3 is 0 Å². The van der Waals surface area contributed by atoms with E-state index in [1.165, 1.54) is 0 Å². The van der Waals surface area contributed by atoms with Crippen LogP contribution in [0.25, 0.3) is 5.90 Å². The molecule has 0 aliphatic heterocycles. The van der Waals surface area contributed by atoms with Crippen LogP contribution in [0.2, 0.25) is 0 Å². The molecule has 0 aromatic carbocycles. The van der Waals surface area contributed by atoms with Crippen molar-refractivity contribution >= 4 is 0 Å². The second-order valence-electron chi connectivity index (χ2n) is 1.72. The van der Waals surface area contributed by atoms with Crippen LogP contribution in [0.5, 0.6) is 0 Å². The van der Waals surface area contributed by atoms with Crippen molar-refractivity contribution in [1.82, 2.24) is 0 Å². The van der Waals surface area contributed by atoms with E-state index in [0.29, 0.717) is 5.76 Å². The average Bonchev–Trinajstić information content (AvgIpc) is 1.65. The minimum atomic E-state index is 0. The number of hydrogen-bond acceptors (Lipinski definition) is 1. The predicted octanol–water partition coefficient (Wildman–Crippen LogP) is 2.14. The molecular formula is C5H10NOY-. The van der Waals surface area contributed by atoms with Gasteiger partial charge in [0.2, 0.25) is 0 Å². The molecule has 1 N–H and O–H groups in total. The average molecular weight is 189 g/mol. The summed E-state index contributed by atoms with van der Waals surface area (Å²) in [4.78, 5) is 4.07. The van der Waals surface area contributed by atoms with Crippen LogP contribution in [0.3, 0.4) is 0 Å². The molecule has 0 atom stereocenters. The molecule has 0 aliphatic carbocycles. The zero-order valence-electron chi connectivity index (χ0n) is 5.27. The molecular weight excluding hydrogens is 179 g/mol. The Morgan fingerprint density at radius 1 is 1.62 bits per heavy atom. The Morgan fingerprint density at radius 3 is 2.00 bits per heavy atom. The van der Waals surface area contributed by atoms with Gasteiger partial charge in [-0.1, -0.05) is 20.4 Å². The van der Waals surface area contributed by atoms with Gasteiger partial charge in [-0.15, -0.1) is 0 Å². The van der Waals surface area contributed by atoms with Crippen molar-refractivity contribution in [2.75, 3.05) is 0 Å². The van der Waals surface area contributed by atoms with Crippen LogP contribution in [0, 0.1) is 5.92 Å². The van der Waals surface area contributed by atoms with E-state index in [-0.39, 0.29) is 38.6 Å². The number of allylic oxidation sites excluding steroid dienone is 1. The van der Waals surface area contributed by atoms with E-state index in [9.17, 15) is 0 Å². The molecule has 0 amide bonds. The third-order valence-corrected chi connectivity index (χ3v) is 0.775. The molecule has 0 spiro atoms. The second kappa shape index (κ2) is 5.74. The normalized spacial score (nSPS) is 8.00. The Morgan fingerprint density at radius 2 is 2.00 bits per heavy atom. The van der Waals surface area contributed by atoms with E-state index in [2.05, 4.69) is 11.4 Å². The molecule has 0 heterocycles. The van der Waals surface area contributed by atoms with E-state index in [0.717, 1.165) is 0 Å². The van der Waals surface area contributed by atoms with Crippen LogP contribution in [-0.4, -0.2) is 0 Å². The largest absolute Gasteiger partial charge is 0.593 e. The summed E-state index contributed by atoms with van der Waals surface area (Å²) in [6.07, 6.45) is 0. The molecule has 0 saturated heterocycles. The molecule has 0 saturated carbocycles. The van der Waals surface area contributed by atoms with Crippen molar-refractivity contribution in [1.29, 1.82) is 0 Å². The molecule has 0 aliphatic rings. The van der Waals surface area contributed by atoms with Crippen molar-refractivity contribution in [2.45, 2.75) is 13.8 Å². The van der Waals surface area contributed by atoms with Gasteiger partial charge in [0.15, 0.2) is 0 Å². The maximum atomic E-state index is 6.34. The Bertz CT molecular complexity index is 72.8. The summed E-state index contributed by atoms with van der Waals surface area (Å²) in [5.41, 5.74) is 0. The Balaban J connectivity index is 0. The zero-order chi connectivity index (χ0) is 5.86. The van der Waals surface area contributed by atoms with Gasteiger partial charge in [0, 0.05) is 38.6 Å². The van der Waals surface area contributed by atoms with Gasteiger partial charge in [-0.25, -0.2) is 0 Å². The summed E-state index contributed by atoms with van der Waals surface area (Å²) in [5.74, 6) is 7.11. The third kappa shape index (κ3) is 4.76. The summed E-state index contributed by atoms with van der Waals surface area (Å²) in [5, 5.41) is 0. The van der Waals surface area contributed by atoms with E-state index in [1.807, 2.05) is 13.8 Å². The molecule has 0 rings (SSSR count). The molecule has 8 heavy (non-hydrogen) atoms. The molecule has 0 aromatic rings. The molecule has 1 radical (unpaired) electrons. The summed E-state index contributed by atoms with van der Waals surface area (Å²) < 4.78 is 0. The van der Waals surface area contributed by atoms with Crippen molar-refractivity contribution in [3.05, 3.63) is 18.2 Å². The molecule has 2 nitrogen and oxygen atoms in total. The summed E-state index contributed by atoms with van der Waals surface area (Å²) in [6.45, 7) is 7.32. The van der Waals surface area contributed by atoms with Gasteiger partial charge in [-0.2, -0.15) is 0 Å². The molecule has 3 heteroatoms. The van der Waals surface area contributed by atoms with Crippen LogP contribution in [0.4, 0.5) is 0 Å². The van der Waals surface area contributed by atoms with E-state index in [1.54, 1.807) is 0 Å². The Kier molecular flexibility index (Phi) is 8.18. The van der Waals surface area contributed by atoms with E-state index < -0.39 is 0 Å². The number of hydrogen-bond donors (Lipinski definition) is 0. The minimum Gasteiger partial charge on any atom is -0.593 e. The van der Waals surface area contributed by atoms with Crippen molar-refractivity contribution in [3.8, 4) is 0 Å². The van der Waals surface area contributed by atoms with Crippen molar-refractivity contribution < 1.29 is 37.5 Å². The molecule has 0 fully saturated rings. The number of rotatable bonds is 2. The Hall–Kier alpha value is 0.604. The van der Waals surface area contributed by atoms with Crippen molar-refractivity contribution in [2.24, 2.45) is 5.92 Å². The van der Waals surface area contributed by atoms with Gasteiger partial charge in [-0.3, -0.25) is 0 Å². The van der Waals surface area contributed by atoms with Gasteiger partial charge in [0.05, 0.1) is 5.76 Å². The smallest absolute Gasteiger partial charge is 0.0720 e. The summed E-state index contributed by atoms with van der Waals surface area (Å²) >= 11 is 0. The van der Waals surface area contributed by atoms with Crippen LogP contribution in [0.1, 0.15) is 13.8 Å². The first-order valence-corrected chi connectivity index (χ1v) is 2.21. The molecule has 45 valence electrons. The first-order chi connectivity index (χ1) is 3.18. The van der Waals surface area contributed by atoms with E-state index >= 15 is 0 Å². The van der Waals surface area contributed by atoms with Gasteiger partial charge in [0.1, 0.15) is 0 Å². The van der Waals surface area contributed by atoms with Gasteiger partial charge in [-0.05, 0) is 0 Å². The second-order valence-corrected chi connectivity index (χ2v) is 1.72. The molecule has 0 aromatic heterocycles. The quantitative estimate of drug-likeness (QED) is 0.483. The monoisotopic (exact) mass is 189 g/mol. The minimum absolute atomic E-state index is 0. The maximum Gasteiger partial charge on any atom is 0.0720 e. The number of nitrogens with one attached hydrogen (secondary N) is 1. The third-order valence-electron chi connectivity index (χ3n) is 0.775. The predicted molar refractivity (Wildman–Crippen MR) is 29.4 cm³/mol. The standard InChI is InChI=1S/C5H10NO.Y/c1-4(2)5(3)7-6;/h4,6H,3H2,1-2H3;/q-1;. The van der Waals surface area contributed by atoms with E-state index in [4.69, 9.17) is 5.90 Å². The maximum absolute atomic E-state index is 6.34. The first kappa shape index (κ1) is 11.4.